The summed E-state index contributed by atoms with van der Waals surface area (Å²) < 4.78 is 10.9. The van der Waals surface area contributed by atoms with Crippen LogP contribution in [0.5, 0.6) is 11.5 Å². The van der Waals surface area contributed by atoms with E-state index in [9.17, 15) is 5.26 Å². The highest BCUT2D eigenvalue weighted by atomic mass is 35.5. The number of benzene rings is 2. The summed E-state index contributed by atoms with van der Waals surface area (Å²) >= 11 is 6.24. The summed E-state index contributed by atoms with van der Waals surface area (Å²) in [5.41, 5.74) is 1.69. The van der Waals surface area contributed by atoms with Crippen LogP contribution in [0.4, 0.5) is 5.82 Å². The molecule has 2 heterocycles. The van der Waals surface area contributed by atoms with Gasteiger partial charge in [0.1, 0.15) is 12.1 Å². The number of nitrogens with one attached hydrogen (secondary N) is 1. The fourth-order valence-corrected chi connectivity index (χ4v) is 4.00. The molecular weight excluding hydrogens is 442 g/mol. The average molecular weight is 466 g/mol. The van der Waals surface area contributed by atoms with Gasteiger partial charge in [-0.15, -0.1) is 0 Å². The van der Waals surface area contributed by atoms with Crippen molar-refractivity contribution in [2.24, 2.45) is 4.99 Å². The number of hydrogen-bond donors (Lipinski definition) is 1. The number of rotatable bonds is 5. The molecule has 0 saturated carbocycles. The molecule has 9 nitrogen and oxygen atoms in total. The highest BCUT2D eigenvalue weighted by molar-refractivity contribution is 6.31. The maximum atomic E-state index is 9.22. The minimum Gasteiger partial charge on any atom is -0.493 e. The summed E-state index contributed by atoms with van der Waals surface area (Å²) in [6, 6.07) is 11.3. The third-order valence-electron chi connectivity index (χ3n) is 5.52. The highest BCUT2D eigenvalue weighted by Crippen LogP contribution is 2.34. The highest BCUT2D eigenvalue weighted by Gasteiger charge is 2.23. The SMILES string of the molecule is COc1cc2ncnc(N3CCN(C(=NCc4ccccc4Cl)NC#N)CC3)c2cc1OC. The van der Waals surface area contributed by atoms with Gasteiger partial charge < -0.3 is 19.3 Å². The number of anilines is 1. The predicted molar refractivity (Wildman–Crippen MR) is 128 cm³/mol. The van der Waals surface area contributed by atoms with Crippen molar-refractivity contribution in [1.29, 1.82) is 5.26 Å². The molecule has 4 rings (SSSR count). The van der Waals surface area contributed by atoms with E-state index in [1.807, 2.05) is 42.6 Å². The number of piperazine rings is 1. The number of ether oxygens (including phenoxy) is 2. The molecule has 0 atom stereocenters. The molecule has 10 heteroatoms. The van der Waals surface area contributed by atoms with Crippen LogP contribution in [0.25, 0.3) is 10.9 Å². The van der Waals surface area contributed by atoms with Crippen LogP contribution in [0.2, 0.25) is 5.02 Å². The molecule has 1 aliphatic rings. The fourth-order valence-electron chi connectivity index (χ4n) is 3.81. The number of nitriles is 1. The fraction of sp³-hybridized carbons (Fsp3) is 0.304. The lowest BCUT2D eigenvalue weighted by molar-refractivity contribution is 0.355. The smallest absolute Gasteiger partial charge is 0.207 e. The Balaban J connectivity index is 1.52. The van der Waals surface area contributed by atoms with Crippen LogP contribution >= 0.6 is 11.6 Å². The standard InChI is InChI=1S/C23H24ClN7O2/c1-32-20-11-17-19(12-21(20)33-2)28-15-29-22(17)30-7-9-31(10-8-30)23(27-14-25)26-13-16-5-3-4-6-18(16)24/h3-6,11-12,15H,7-10,13H2,1-2H3,(H,26,27). The normalized spacial score (nSPS) is 14.2. The molecule has 33 heavy (non-hydrogen) atoms. The Morgan fingerprint density at radius 1 is 1.12 bits per heavy atom. The lowest BCUT2D eigenvalue weighted by atomic mass is 10.2. The number of hydrogen-bond acceptors (Lipinski definition) is 7. The minimum atomic E-state index is 0.391. The van der Waals surface area contributed by atoms with Crippen molar-refractivity contribution in [3.8, 4) is 17.7 Å². The van der Waals surface area contributed by atoms with Gasteiger partial charge in [-0.1, -0.05) is 29.8 Å². The maximum Gasteiger partial charge on any atom is 0.207 e. The van der Waals surface area contributed by atoms with E-state index >= 15 is 0 Å². The van der Waals surface area contributed by atoms with Crippen molar-refractivity contribution in [3.63, 3.8) is 0 Å². The molecule has 0 amide bonds. The van der Waals surface area contributed by atoms with Crippen molar-refractivity contribution in [2.45, 2.75) is 6.54 Å². The van der Waals surface area contributed by atoms with Gasteiger partial charge in [0.2, 0.25) is 5.96 Å². The molecule has 170 valence electrons. The number of methoxy groups -OCH3 is 2. The predicted octanol–water partition coefficient (Wildman–Crippen LogP) is 3.05. The van der Waals surface area contributed by atoms with Gasteiger partial charge in [0.05, 0.1) is 26.3 Å². The Labute approximate surface area is 197 Å². The number of fused-ring (bicyclic) bond motifs is 1. The lowest BCUT2D eigenvalue weighted by Gasteiger charge is -2.36. The molecule has 0 aliphatic carbocycles. The summed E-state index contributed by atoms with van der Waals surface area (Å²) in [5.74, 6) is 2.63. The second kappa shape index (κ2) is 10.2. The molecule has 1 aliphatic heterocycles. The van der Waals surface area contributed by atoms with Crippen LogP contribution in [0.3, 0.4) is 0 Å². The topological polar surface area (TPSA) is 98.9 Å². The van der Waals surface area contributed by atoms with E-state index < -0.39 is 0 Å². The van der Waals surface area contributed by atoms with Crippen LogP contribution in [0, 0.1) is 11.5 Å². The molecule has 2 aromatic carbocycles. The zero-order chi connectivity index (χ0) is 23.2. The average Bonchev–Trinajstić information content (AvgIpc) is 2.86. The summed E-state index contributed by atoms with van der Waals surface area (Å²) in [5, 5.41) is 13.5. The summed E-state index contributed by atoms with van der Waals surface area (Å²) in [7, 11) is 3.21. The first kappa shape index (κ1) is 22.4. The van der Waals surface area contributed by atoms with Gasteiger partial charge >= 0.3 is 0 Å². The van der Waals surface area contributed by atoms with E-state index in [4.69, 9.17) is 21.1 Å². The molecule has 0 bridgehead atoms. The van der Waals surface area contributed by atoms with E-state index in [-0.39, 0.29) is 0 Å². The minimum absolute atomic E-state index is 0.391. The third kappa shape index (κ3) is 4.86. The second-order valence-corrected chi connectivity index (χ2v) is 7.77. The van der Waals surface area contributed by atoms with E-state index in [1.54, 1.807) is 20.5 Å². The summed E-state index contributed by atoms with van der Waals surface area (Å²) in [4.78, 5) is 17.8. The van der Waals surface area contributed by atoms with Crippen molar-refractivity contribution < 1.29 is 9.47 Å². The van der Waals surface area contributed by atoms with Crippen molar-refractivity contribution in [3.05, 3.63) is 53.3 Å². The largest absolute Gasteiger partial charge is 0.493 e. The first-order valence-electron chi connectivity index (χ1n) is 10.4. The first-order valence-corrected chi connectivity index (χ1v) is 10.8. The van der Waals surface area contributed by atoms with E-state index in [0.717, 1.165) is 22.3 Å². The monoisotopic (exact) mass is 465 g/mol. The van der Waals surface area contributed by atoms with Crippen molar-refractivity contribution >= 4 is 34.3 Å². The maximum absolute atomic E-state index is 9.22. The quantitative estimate of drug-likeness (QED) is 0.265. The molecule has 1 saturated heterocycles. The zero-order valence-electron chi connectivity index (χ0n) is 18.5. The van der Waals surface area contributed by atoms with Crippen molar-refractivity contribution in [1.82, 2.24) is 20.2 Å². The van der Waals surface area contributed by atoms with Crippen LogP contribution < -0.4 is 19.7 Å². The third-order valence-corrected chi connectivity index (χ3v) is 5.89. The molecule has 1 N–H and O–H groups in total. The van der Waals surface area contributed by atoms with E-state index in [0.29, 0.717) is 55.2 Å². The van der Waals surface area contributed by atoms with Gasteiger partial charge in [0, 0.05) is 42.7 Å². The number of halogens is 1. The number of guanidine groups is 1. The van der Waals surface area contributed by atoms with Gasteiger partial charge in [0.15, 0.2) is 17.7 Å². The molecule has 3 aromatic rings. The van der Waals surface area contributed by atoms with Crippen molar-refractivity contribution in [2.75, 3.05) is 45.3 Å². The van der Waals surface area contributed by atoms with E-state index in [2.05, 4.69) is 30.1 Å². The van der Waals surface area contributed by atoms with Crippen LogP contribution in [-0.4, -0.2) is 61.2 Å². The molecule has 1 aromatic heterocycles. The number of nitrogens with zero attached hydrogens (tertiary/aromatic N) is 6. The molecule has 0 unspecified atom stereocenters. The number of aliphatic imine (C=N–C) groups is 1. The Morgan fingerprint density at radius 2 is 1.85 bits per heavy atom. The lowest BCUT2D eigenvalue weighted by Crippen LogP contribution is -2.52. The Morgan fingerprint density at radius 3 is 2.55 bits per heavy atom. The van der Waals surface area contributed by atoms with Gasteiger partial charge in [-0.3, -0.25) is 5.32 Å². The van der Waals surface area contributed by atoms with Crippen LogP contribution in [-0.2, 0) is 6.54 Å². The van der Waals surface area contributed by atoms with Gasteiger partial charge in [0.25, 0.3) is 0 Å². The molecule has 1 fully saturated rings. The number of aromatic nitrogens is 2. The Kier molecular flexibility index (Phi) is 6.95. The second-order valence-electron chi connectivity index (χ2n) is 7.36. The summed E-state index contributed by atoms with van der Waals surface area (Å²) in [6.45, 7) is 3.16. The molecule has 0 spiro atoms. The van der Waals surface area contributed by atoms with E-state index in [1.165, 1.54) is 0 Å². The van der Waals surface area contributed by atoms with Gasteiger partial charge in [-0.25, -0.2) is 15.0 Å². The zero-order valence-corrected chi connectivity index (χ0v) is 19.2. The van der Waals surface area contributed by atoms with Gasteiger partial charge in [-0.2, -0.15) is 5.26 Å². The Bertz CT molecular complexity index is 1200. The van der Waals surface area contributed by atoms with Crippen LogP contribution in [0.15, 0.2) is 47.7 Å². The van der Waals surface area contributed by atoms with Crippen LogP contribution in [0.1, 0.15) is 5.56 Å². The molecular formula is C23H24ClN7O2. The first-order chi connectivity index (χ1) is 16.1. The Hall–Kier alpha value is -3.77. The molecule has 0 radical (unpaired) electrons. The summed E-state index contributed by atoms with van der Waals surface area (Å²) in [6.07, 6.45) is 3.55. The van der Waals surface area contributed by atoms with Gasteiger partial charge in [-0.05, 0) is 17.7 Å².